The van der Waals surface area contributed by atoms with Crippen molar-refractivity contribution in [1.29, 1.82) is 5.26 Å². The van der Waals surface area contributed by atoms with Crippen LogP contribution in [-0.4, -0.2) is 4.57 Å². The van der Waals surface area contributed by atoms with Gasteiger partial charge in [0.25, 0.3) is 0 Å². The highest BCUT2D eigenvalue weighted by Gasteiger charge is 2.25. The van der Waals surface area contributed by atoms with Crippen LogP contribution in [-0.2, 0) is 13.5 Å². The highest BCUT2D eigenvalue weighted by molar-refractivity contribution is 5.95. The smallest absolute Gasteiger partial charge is 0.0625 e. The van der Waals surface area contributed by atoms with Gasteiger partial charge in [-0.25, -0.2) is 0 Å². The predicted molar refractivity (Wildman–Crippen MR) is 98.6 cm³/mol. The van der Waals surface area contributed by atoms with Crippen LogP contribution < -0.4 is 0 Å². The van der Waals surface area contributed by atoms with E-state index in [1.54, 1.807) is 0 Å². The molecule has 1 heterocycles. The number of aryl methyl sites for hydroxylation is 2. The Kier molecular flexibility index (Phi) is 3.70. The second kappa shape index (κ2) is 6.02. The first-order valence-electron chi connectivity index (χ1n) is 8.52. The number of hydrogen-bond donors (Lipinski definition) is 0. The topological polar surface area (TPSA) is 28.7 Å². The zero-order valence-electron chi connectivity index (χ0n) is 13.9. The van der Waals surface area contributed by atoms with Gasteiger partial charge in [0.2, 0.25) is 0 Å². The van der Waals surface area contributed by atoms with Crippen LogP contribution in [0.4, 0.5) is 0 Å². The Bertz CT molecular complexity index is 968. The van der Waals surface area contributed by atoms with Gasteiger partial charge in [-0.1, -0.05) is 54.1 Å². The number of allylic oxidation sites excluding steroid dienone is 1. The molecule has 0 bridgehead atoms. The molecule has 24 heavy (non-hydrogen) atoms. The van der Waals surface area contributed by atoms with Crippen LogP contribution in [0.5, 0.6) is 0 Å². The molecule has 1 aliphatic carbocycles. The molecular weight excluding hydrogens is 292 g/mol. The average Bonchev–Trinajstić information content (AvgIpc) is 2.93. The van der Waals surface area contributed by atoms with Crippen LogP contribution in [0, 0.1) is 11.3 Å². The van der Waals surface area contributed by atoms with E-state index >= 15 is 0 Å². The van der Waals surface area contributed by atoms with E-state index in [0.29, 0.717) is 6.42 Å². The molecule has 3 aromatic rings. The molecule has 2 heteroatoms. The van der Waals surface area contributed by atoms with E-state index in [2.05, 4.69) is 72.3 Å². The summed E-state index contributed by atoms with van der Waals surface area (Å²) in [6.45, 7) is 0. The molecule has 118 valence electrons. The van der Waals surface area contributed by atoms with Crippen LogP contribution in [0.2, 0.25) is 0 Å². The first-order chi connectivity index (χ1) is 11.8. The molecule has 2 aromatic carbocycles. The van der Waals surface area contributed by atoms with Crippen LogP contribution in [0.1, 0.15) is 36.1 Å². The van der Waals surface area contributed by atoms with Crippen LogP contribution in [0.3, 0.4) is 0 Å². The quantitative estimate of drug-likeness (QED) is 0.651. The fourth-order valence-corrected chi connectivity index (χ4v) is 4.01. The maximum absolute atomic E-state index is 9.04. The normalized spacial score (nSPS) is 13.8. The summed E-state index contributed by atoms with van der Waals surface area (Å²) in [6.07, 6.45) is 3.56. The van der Waals surface area contributed by atoms with Gasteiger partial charge in [-0.2, -0.15) is 5.26 Å². The molecule has 0 saturated heterocycles. The summed E-state index contributed by atoms with van der Waals surface area (Å²) in [7, 11) is 2.16. The van der Waals surface area contributed by atoms with E-state index in [9.17, 15) is 0 Å². The summed E-state index contributed by atoms with van der Waals surface area (Å²) in [4.78, 5) is 0. The van der Waals surface area contributed by atoms with Crippen molar-refractivity contribution >= 4 is 16.5 Å². The van der Waals surface area contributed by atoms with Crippen LogP contribution >= 0.6 is 0 Å². The summed E-state index contributed by atoms with van der Waals surface area (Å²) in [5.74, 6) is 0. The number of hydrogen-bond acceptors (Lipinski definition) is 1. The van der Waals surface area contributed by atoms with Crippen molar-refractivity contribution in [2.45, 2.75) is 25.7 Å². The van der Waals surface area contributed by atoms with Crippen LogP contribution in [0.15, 0.2) is 60.2 Å². The summed E-state index contributed by atoms with van der Waals surface area (Å²) < 4.78 is 2.33. The van der Waals surface area contributed by atoms with Gasteiger partial charge in [0.05, 0.1) is 11.8 Å². The second-order valence-corrected chi connectivity index (χ2v) is 6.41. The zero-order chi connectivity index (χ0) is 16.5. The van der Waals surface area contributed by atoms with Crippen LogP contribution in [0.25, 0.3) is 16.5 Å². The first-order valence-corrected chi connectivity index (χ1v) is 8.52. The molecule has 0 N–H and O–H groups in total. The number of para-hydroxylation sites is 1. The molecule has 0 amide bonds. The molecule has 0 unspecified atom stereocenters. The zero-order valence-corrected chi connectivity index (χ0v) is 13.9. The molecule has 0 atom stereocenters. The Balaban J connectivity index is 2.01. The van der Waals surface area contributed by atoms with Crippen molar-refractivity contribution < 1.29 is 0 Å². The molecule has 0 saturated carbocycles. The van der Waals surface area contributed by atoms with E-state index in [1.165, 1.54) is 38.9 Å². The molecule has 0 aliphatic heterocycles. The minimum Gasteiger partial charge on any atom is -0.343 e. The second-order valence-electron chi connectivity index (χ2n) is 6.41. The largest absolute Gasteiger partial charge is 0.343 e. The van der Waals surface area contributed by atoms with Gasteiger partial charge >= 0.3 is 0 Å². The Hall–Kier alpha value is -2.79. The van der Waals surface area contributed by atoms with Crippen molar-refractivity contribution in [1.82, 2.24) is 4.57 Å². The molecule has 0 radical (unpaired) electrons. The van der Waals surface area contributed by atoms with E-state index in [-0.39, 0.29) is 0 Å². The Morgan fingerprint density at radius 3 is 2.54 bits per heavy atom. The van der Waals surface area contributed by atoms with E-state index < -0.39 is 0 Å². The summed E-state index contributed by atoms with van der Waals surface area (Å²) in [5.41, 5.74) is 8.09. The molecule has 4 rings (SSSR count). The highest BCUT2D eigenvalue weighted by atomic mass is 15.0. The maximum atomic E-state index is 9.04. The van der Waals surface area contributed by atoms with Crippen molar-refractivity contribution in [2.24, 2.45) is 7.05 Å². The Labute approximate surface area is 142 Å². The number of nitriles is 1. The molecule has 0 fully saturated rings. The minimum atomic E-state index is 0.588. The Morgan fingerprint density at radius 1 is 1.00 bits per heavy atom. The van der Waals surface area contributed by atoms with Gasteiger partial charge in [0.1, 0.15) is 0 Å². The van der Waals surface area contributed by atoms with Gasteiger partial charge in [-0.15, -0.1) is 0 Å². The first kappa shape index (κ1) is 14.8. The predicted octanol–water partition coefficient (Wildman–Crippen LogP) is 5.23. The molecule has 0 spiro atoms. The lowest BCUT2D eigenvalue weighted by Crippen LogP contribution is -2.09. The lowest BCUT2D eigenvalue weighted by atomic mass is 9.83. The van der Waals surface area contributed by atoms with E-state index in [4.69, 9.17) is 5.26 Å². The highest BCUT2D eigenvalue weighted by Crippen LogP contribution is 2.41. The van der Waals surface area contributed by atoms with Crippen molar-refractivity contribution in [2.75, 3.05) is 0 Å². The van der Waals surface area contributed by atoms with Gasteiger partial charge in [-0.3, -0.25) is 0 Å². The molecule has 1 aromatic heterocycles. The third-order valence-corrected chi connectivity index (χ3v) is 5.08. The summed E-state index contributed by atoms with van der Waals surface area (Å²) in [6, 6.07) is 21.6. The summed E-state index contributed by atoms with van der Waals surface area (Å²) in [5, 5.41) is 10.4. The van der Waals surface area contributed by atoms with Gasteiger partial charge in [0.15, 0.2) is 0 Å². The third kappa shape index (κ3) is 2.25. The fourth-order valence-electron chi connectivity index (χ4n) is 4.01. The number of nitrogens with zero attached hydrogens (tertiary/aromatic N) is 2. The SMILES string of the molecule is Cn1c2c(c3ccccc31)CCC(CCC#N)=C2c1ccccc1. The van der Waals surface area contributed by atoms with Gasteiger partial charge < -0.3 is 4.57 Å². The summed E-state index contributed by atoms with van der Waals surface area (Å²) >= 11 is 0. The third-order valence-electron chi connectivity index (χ3n) is 5.08. The monoisotopic (exact) mass is 312 g/mol. The van der Waals surface area contributed by atoms with Gasteiger partial charge in [-0.05, 0) is 36.5 Å². The average molecular weight is 312 g/mol. The van der Waals surface area contributed by atoms with E-state index in [0.717, 1.165) is 19.3 Å². The lowest BCUT2D eigenvalue weighted by molar-refractivity contribution is 0.820. The minimum absolute atomic E-state index is 0.588. The fraction of sp³-hybridized carbons (Fsp3) is 0.227. The standard InChI is InChI=1S/C22H20N2/c1-24-20-12-6-5-11-18(20)19-14-13-17(10-7-15-23)21(22(19)24)16-8-3-2-4-9-16/h2-6,8-9,11-12H,7,10,13-14H2,1H3. The Morgan fingerprint density at radius 2 is 1.75 bits per heavy atom. The molecule has 2 nitrogen and oxygen atoms in total. The molecular formula is C22H20N2. The van der Waals surface area contributed by atoms with Crippen molar-refractivity contribution in [3.63, 3.8) is 0 Å². The lowest BCUT2D eigenvalue weighted by Gasteiger charge is -2.23. The van der Waals surface area contributed by atoms with E-state index in [1.807, 2.05) is 0 Å². The van der Waals surface area contributed by atoms with Crippen molar-refractivity contribution in [3.05, 3.63) is 77.0 Å². The maximum Gasteiger partial charge on any atom is 0.0625 e. The number of fused-ring (bicyclic) bond motifs is 3. The number of benzene rings is 2. The molecule has 1 aliphatic rings. The number of rotatable bonds is 3. The van der Waals surface area contributed by atoms with Crippen molar-refractivity contribution in [3.8, 4) is 6.07 Å². The number of aromatic nitrogens is 1. The van der Waals surface area contributed by atoms with Gasteiger partial charge in [0, 0.05) is 29.9 Å².